The van der Waals surface area contributed by atoms with Crippen molar-refractivity contribution in [2.24, 2.45) is 17.8 Å². The van der Waals surface area contributed by atoms with Gasteiger partial charge in [0, 0.05) is 56.0 Å². The highest BCUT2D eigenvalue weighted by Crippen LogP contribution is 2.40. The molecule has 244 valence electrons. The molecule has 45 heavy (non-hydrogen) atoms. The van der Waals surface area contributed by atoms with E-state index in [4.69, 9.17) is 16.3 Å². The van der Waals surface area contributed by atoms with Crippen LogP contribution in [0.1, 0.15) is 77.2 Å². The van der Waals surface area contributed by atoms with Crippen LogP contribution in [0.2, 0.25) is 5.02 Å². The van der Waals surface area contributed by atoms with Gasteiger partial charge in [0.15, 0.2) is 0 Å². The lowest BCUT2D eigenvalue weighted by Crippen LogP contribution is -2.60. The van der Waals surface area contributed by atoms with E-state index in [1.165, 1.54) is 12.1 Å². The van der Waals surface area contributed by atoms with Crippen LogP contribution in [0.5, 0.6) is 0 Å². The van der Waals surface area contributed by atoms with Gasteiger partial charge in [-0.15, -0.1) is 0 Å². The Morgan fingerprint density at radius 1 is 1.16 bits per heavy atom. The summed E-state index contributed by atoms with van der Waals surface area (Å²) in [5.41, 5.74) is 2.28. The quantitative estimate of drug-likeness (QED) is 0.270. The van der Waals surface area contributed by atoms with Gasteiger partial charge in [0.1, 0.15) is 11.4 Å². The summed E-state index contributed by atoms with van der Waals surface area (Å²) in [5, 5.41) is 4.51. The van der Waals surface area contributed by atoms with Crippen molar-refractivity contribution in [1.29, 1.82) is 0 Å². The molecule has 1 aromatic carbocycles. The molecule has 1 aliphatic heterocycles. The van der Waals surface area contributed by atoms with E-state index >= 15 is 0 Å². The lowest BCUT2D eigenvalue weighted by Gasteiger charge is -2.52. The van der Waals surface area contributed by atoms with E-state index in [1.54, 1.807) is 30.4 Å². The minimum atomic E-state index is -0.503. The van der Waals surface area contributed by atoms with E-state index in [-0.39, 0.29) is 24.1 Å². The maximum atomic E-state index is 14.4. The Hall–Kier alpha value is -3.17. The number of carbonyl (C=O) groups is 2. The van der Waals surface area contributed by atoms with E-state index in [9.17, 15) is 14.0 Å². The zero-order valence-corrected chi connectivity index (χ0v) is 28.5. The zero-order valence-electron chi connectivity index (χ0n) is 27.7. The number of pyridine rings is 1. The first kappa shape index (κ1) is 33.2. The summed E-state index contributed by atoms with van der Waals surface area (Å²) in [4.78, 5) is 34.2. The van der Waals surface area contributed by atoms with Crippen LogP contribution in [-0.2, 0) is 11.2 Å². The SMILES string of the molecule is CC(C)C([C@H]1C[C@@H](NC(=O)OC(C)(C)C)C1)N1CC(Cc2cn(-c3ccc(F)cc3C(=O)N(C)C(C)C)c3cncc(Cl)c23)C1. The number of hydrogen-bond donors (Lipinski definition) is 1. The van der Waals surface area contributed by atoms with Crippen molar-refractivity contribution < 1.29 is 18.7 Å². The first-order valence-corrected chi connectivity index (χ1v) is 16.4. The van der Waals surface area contributed by atoms with Gasteiger partial charge in [-0.1, -0.05) is 25.4 Å². The predicted molar refractivity (Wildman–Crippen MR) is 177 cm³/mol. The molecule has 1 unspecified atom stereocenters. The molecule has 0 radical (unpaired) electrons. The minimum absolute atomic E-state index is 0.0371. The second kappa shape index (κ2) is 12.9. The van der Waals surface area contributed by atoms with Gasteiger partial charge in [-0.3, -0.25) is 14.7 Å². The molecule has 1 saturated heterocycles. The number of carbonyl (C=O) groups excluding carboxylic acids is 2. The van der Waals surface area contributed by atoms with Gasteiger partial charge in [-0.2, -0.15) is 0 Å². The second-order valence-corrected chi connectivity index (χ2v) is 15.0. The van der Waals surface area contributed by atoms with Crippen molar-refractivity contribution in [2.45, 2.75) is 91.5 Å². The molecular weight excluding hydrogens is 593 g/mol. The highest BCUT2D eigenvalue weighted by Gasteiger charge is 2.44. The van der Waals surface area contributed by atoms with Crippen LogP contribution in [0.3, 0.4) is 0 Å². The van der Waals surface area contributed by atoms with Crippen LogP contribution in [0, 0.1) is 23.6 Å². The normalized spacial score (nSPS) is 19.8. The average Bonchev–Trinajstić information content (AvgIpc) is 3.27. The third-order valence-corrected chi connectivity index (χ3v) is 9.55. The fraction of sp³-hybridized carbons (Fsp3) is 0.571. The summed E-state index contributed by atoms with van der Waals surface area (Å²) >= 11 is 6.74. The number of alkyl carbamates (subject to hydrolysis) is 1. The van der Waals surface area contributed by atoms with Crippen LogP contribution >= 0.6 is 11.6 Å². The molecule has 8 nitrogen and oxygen atoms in total. The third kappa shape index (κ3) is 7.14. The van der Waals surface area contributed by atoms with Gasteiger partial charge >= 0.3 is 6.09 Å². The minimum Gasteiger partial charge on any atom is -0.444 e. The average molecular weight is 640 g/mol. The van der Waals surface area contributed by atoms with Crippen LogP contribution < -0.4 is 5.32 Å². The number of aromatic nitrogens is 2. The van der Waals surface area contributed by atoms with Crippen molar-refractivity contribution in [2.75, 3.05) is 20.1 Å². The van der Waals surface area contributed by atoms with Gasteiger partial charge < -0.3 is 19.5 Å². The molecule has 1 saturated carbocycles. The highest BCUT2D eigenvalue weighted by molar-refractivity contribution is 6.35. The van der Waals surface area contributed by atoms with Gasteiger partial charge in [0.25, 0.3) is 5.91 Å². The molecule has 1 aliphatic carbocycles. The Balaban J connectivity index is 1.31. The van der Waals surface area contributed by atoms with E-state index in [0.717, 1.165) is 48.8 Å². The molecule has 2 aliphatic rings. The summed E-state index contributed by atoms with van der Waals surface area (Å²) in [6.45, 7) is 16.0. The van der Waals surface area contributed by atoms with Crippen molar-refractivity contribution in [3.05, 3.63) is 58.8 Å². The van der Waals surface area contributed by atoms with Crippen molar-refractivity contribution in [1.82, 2.24) is 24.7 Å². The Labute approximate surface area is 271 Å². The molecule has 0 spiro atoms. The molecule has 0 bridgehead atoms. The third-order valence-electron chi connectivity index (χ3n) is 9.27. The molecule has 1 N–H and O–H groups in total. The van der Waals surface area contributed by atoms with Crippen molar-refractivity contribution in [3.63, 3.8) is 0 Å². The molecule has 2 fully saturated rings. The molecule has 10 heteroatoms. The molecule has 1 atom stereocenters. The van der Waals surface area contributed by atoms with Gasteiger partial charge in [-0.25, -0.2) is 9.18 Å². The Morgan fingerprint density at radius 2 is 1.84 bits per heavy atom. The van der Waals surface area contributed by atoms with E-state index < -0.39 is 11.4 Å². The van der Waals surface area contributed by atoms with Crippen molar-refractivity contribution >= 4 is 34.5 Å². The Bertz CT molecular complexity index is 1550. The maximum absolute atomic E-state index is 14.4. The number of nitrogens with one attached hydrogen (secondary N) is 1. The summed E-state index contributed by atoms with van der Waals surface area (Å²) in [7, 11) is 1.73. The molecule has 2 amide bonds. The lowest BCUT2D eigenvalue weighted by atomic mass is 9.70. The number of ether oxygens (including phenoxy) is 1. The number of halogens is 2. The number of hydrogen-bond acceptors (Lipinski definition) is 5. The van der Waals surface area contributed by atoms with E-state index in [2.05, 4.69) is 29.0 Å². The smallest absolute Gasteiger partial charge is 0.407 e. The molecule has 3 heterocycles. The van der Waals surface area contributed by atoms with E-state index in [0.29, 0.717) is 40.1 Å². The summed E-state index contributed by atoms with van der Waals surface area (Å²) in [6, 6.07) is 4.93. The largest absolute Gasteiger partial charge is 0.444 e. The molecular formula is C35H47ClFN5O3. The first-order valence-electron chi connectivity index (χ1n) is 16.1. The van der Waals surface area contributed by atoms with Crippen LogP contribution in [-0.4, -0.2) is 75.2 Å². The van der Waals surface area contributed by atoms with Crippen LogP contribution in [0.15, 0.2) is 36.8 Å². The Kier molecular flexibility index (Phi) is 9.53. The van der Waals surface area contributed by atoms with Crippen molar-refractivity contribution in [3.8, 4) is 5.69 Å². The monoisotopic (exact) mass is 639 g/mol. The van der Waals surface area contributed by atoms with Gasteiger partial charge in [0.2, 0.25) is 0 Å². The zero-order chi connectivity index (χ0) is 32.8. The summed E-state index contributed by atoms with van der Waals surface area (Å²) in [5.74, 6) is 0.782. The number of likely N-dealkylation sites (tertiary alicyclic amines) is 1. The number of benzene rings is 1. The van der Waals surface area contributed by atoms with E-state index in [1.807, 2.05) is 45.4 Å². The topological polar surface area (TPSA) is 79.7 Å². The maximum Gasteiger partial charge on any atom is 0.407 e. The molecule has 2 aromatic heterocycles. The van der Waals surface area contributed by atoms with Crippen LogP contribution in [0.25, 0.3) is 16.6 Å². The highest BCUT2D eigenvalue weighted by atomic mass is 35.5. The lowest BCUT2D eigenvalue weighted by molar-refractivity contribution is -0.0274. The second-order valence-electron chi connectivity index (χ2n) is 14.5. The summed E-state index contributed by atoms with van der Waals surface area (Å²) < 4.78 is 21.8. The molecule has 3 aromatic rings. The summed E-state index contributed by atoms with van der Waals surface area (Å²) in [6.07, 6.45) is 7.87. The number of rotatable bonds is 9. The predicted octanol–water partition coefficient (Wildman–Crippen LogP) is 7.10. The molecule has 5 rings (SSSR count). The standard InChI is InChI=1S/C35H47ClFN5O3/c1-20(2)32(23-12-26(13-23)39-34(44)45-35(5,6)7)41-17-22(18-41)11-24-19-42(30-16-38-15-28(36)31(24)30)29-10-9-25(37)14-27(29)33(43)40(8)21(3)4/h9-10,14-16,19-23,26,32H,11-13,17-18H2,1-8H3,(H,39,44)/t23-,26+,32?. The first-order chi connectivity index (χ1) is 21.1. The fourth-order valence-corrected chi connectivity index (χ4v) is 7.25. The van der Waals surface area contributed by atoms with Crippen LogP contribution in [0.4, 0.5) is 9.18 Å². The fourth-order valence-electron chi connectivity index (χ4n) is 6.97. The number of amides is 2. The van der Waals surface area contributed by atoms with Gasteiger partial charge in [0.05, 0.1) is 28.0 Å². The van der Waals surface area contributed by atoms with Gasteiger partial charge in [-0.05, 0) is 95.4 Å². The number of nitrogens with zero attached hydrogens (tertiary/aromatic N) is 4. The number of fused-ring (bicyclic) bond motifs is 1. The Morgan fingerprint density at radius 3 is 2.47 bits per heavy atom.